The van der Waals surface area contributed by atoms with Crippen LogP contribution in [0.3, 0.4) is 0 Å². The Labute approximate surface area is 370 Å². The van der Waals surface area contributed by atoms with Crippen LogP contribution < -0.4 is 10.2 Å². The lowest BCUT2D eigenvalue weighted by Gasteiger charge is -2.38. The number of anilines is 1. The van der Waals surface area contributed by atoms with Gasteiger partial charge in [0.05, 0.1) is 33.9 Å². The predicted octanol–water partition coefficient (Wildman–Crippen LogP) is 7.31. The fourth-order valence-corrected chi connectivity index (χ4v) is 10.9. The molecular formula is C48H54N8O6S. The zero-order chi connectivity index (χ0) is 44.1. The molecular weight excluding hydrogens is 817 g/mol. The van der Waals surface area contributed by atoms with Gasteiger partial charge in [0.2, 0.25) is 11.8 Å². The number of aryl methyl sites for hydroxylation is 2. The van der Waals surface area contributed by atoms with E-state index in [9.17, 15) is 24.6 Å². The second kappa shape index (κ2) is 17.3. The van der Waals surface area contributed by atoms with Crippen LogP contribution in [0.2, 0.25) is 0 Å². The minimum absolute atomic E-state index is 0.000656. The summed E-state index contributed by atoms with van der Waals surface area (Å²) >= 11 is 1.59. The number of nitrogens with one attached hydrogen (secondary N) is 2. The van der Waals surface area contributed by atoms with Crippen molar-refractivity contribution in [3.05, 3.63) is 94.4 Å². The van der Waals surface area contributed by atoms with E-state index in [2.05, 4.69) is 42.5 Å². The molecule has 1 aliphatic carbocycles. The lowest BCUT2D eigenvalue weighted by atomic mass is 9.76. The number of para-hydroxylation sites is 1. The number of hydrogen-bond acceptors (Lipinski definition) is 12. The SMILES string of the molecule is Cc1ncsc1-c1ccc([C@H](C)NC(=O)[C@@H]2C[C@@H](O)CN2C(=O)[C@H](c2cc(N3CCC(C(=O)[C@@H]4CCc5[nH]c6nnc(-c7ccccc7O)cc6c5C4)C[C@H]3C)no2)C(C)C)cc1. The third-order valence-corrected chi connectivity index (χ3v) is 14.5. The zero-order valence-electron chi connectivity index (χ0n) is 36.2. The number of fused-ring (bicyclic) bond motifs is 3. The third-order valence-electron chi connectivity index (χ3n) is 13.5. The summed E-state index contributed by atoms with van der Waals surface area (Å²) in [4.78, 5) is 54.9. The molecule has 0 radical (unpaired) electrons. The van der Waals surface area contributed by atoms with E-state index in [-0.39, 0.29) is 66.2 Å². The first-order chi connectivity index (χ1) is 30.3. The Kier molecular flexibility index (Phi) is 11.7. The number of rotatable bonds is 11. The van der Waals surface area contributed by atoms with Crippen molar-refractivity contribution in [3.8, 4) is 27.4 Å². The quantitative estimate of drug-likeness (QED) is 0.102. The maximum absolute atomic E-state index is 14.4. The van der Waals surface area contributed by atoms with Gasteiger partial charge in [-0.3, -0.25) is 14.4 Å². The Morgan fingerprint density at radius 1 is 1.00 bits per heavy atom. The molecule has 4 aromatic heterocycles. The van der Waals surface area contributed by atoms with E-state index in [0.29, 0.717) is 54.3 Å². The van der Waals surface area contributed by atoms with Gasteiger partial charge in [-0.25, -0.2) is 4.98 Å². The highest BCUT2D eigenvalue weighted by molar-refractivity contribution is 7.13. The normalized spacial score (nSPS) is 22.3. The van der Waals surface area contributed by atoms with Gasteiger partial charge in [0.25, 0.3) is 0 Å². The Morgan fingerprint density at radius 2 is 1.79 bits per heavy atom. The number of ketones is 1. The number of aromatic amines is 1. The number of H-pyrrole nitrogens is 1. The summed E-state index contributed by atoms with van der Waals surface area (Å²) in [5.74, 6) is -0.253. The molecule has 4 N–H and O–H groups in total. The Bertz CT molecular complexity index is 2650. The average molecular weight is 871 g/mol. The molecule has 2 aliphatic heterocycles. The van der Waals surface area contributed by atoms with Gasteiger partial charge in [0, 0.05) is 60.1 Å². The second-order valence-electron chi connectivity index (χ2n) is 18.0. The number of benzene rings is 2. The minimum atomic E-state index is -0.837. The van der Waals surface area contributed by atoms with Gasteiger partial charge in [-0.05, 0) is 93.7 Å². The van der Waals surface area contributed by atoms with Crippen molar-refractivity contribution in [3.63, 3.8) is 0 Å². The maximum Gasteiger partial charge on any atom is 0.243 e. The van der Waals surface area contributed by atoms with E-state index in [1.165, 1.54) is 4.90 Å². The smallest absolute Gasteiger partial charge is 0.243 e. The number of nitrogens with zero attached hydrogens (tertiary/aromatic N) is 6. The highest BCUT2D eigenvalue weighted by Gasteiger charge is 2.44. The molecule has 15 heteroatoms. The van der Waals surface area contributed by atoms with Crippen molar-refractivity contribution in [1.82, 2.24) is 35.5 Å². The number of amides is 2. The van der Waals surface area contributed by atoms with Crippen LogP contribution in [0.1, 0.15) is 93.6 Å². The summed E-state index contributed by atoms with van der Waals surface area (Å²) in [6.07, 6.45) is 2.81. The number of aromatic nitrogens is 5. The zero-order valence-corrected chi connectivity index (χ0v) is 37.1. The first kappa shape index (κ1) is 42.4. The van der Waals surface area contributed by atoms with Crippen molar-refractivity contribution in [2.24, 2.45) is 17.8 Å². The van der Waals surface area contributed by atoms with Crippen LogP contribution in [0.5, 0.6) is 5.75 Å². The number of aliphatic hydroxyl groups is 1. The Morgan fingerprint density at radius 3 is 2.52 bits per heavy atom. The minimum Gasteiger partial charge on any atom is -0.507 e. The molecule has 1 unspecified atom stereocenters. The van der Waals surface area contributed by atoms with E-state index in [1.54, 1.807) is 23.5 Å². The van der Waals surface area contributed by atoms with Crippen molar-refractivity contribution < 1.29 is 29.1 Å². The summed E-state index contributed by atoms with van der Waals surface area (Å²) in [7, 11) is 0. The lowest BCUT2D eigenvalue weighted by molar-refractivity contribution is -0.141. The molecule has 6 heterocycles. The predicted molar refractivity (Wildman–Crippen MR) is 240 cm³/mol. The topological polar surface area (TPSA) is 191 Å². The van der Waals surface area contributed by atoms with E-state index < -0.39 is 18.1 Å². The largest absolute Gasteiger partial charge is 0.507 e. The fourth-order valence-electron chi connectivity index (χ4n) is 10.1. The number of piperidine rings is 1. The van der Waals surface area contributed by atoms with Gasteiger partial charge in [0.1, 0.15) is 23.5 Å². The van der Waals surface area contributed by atoms with Crippen LogP contribution in [0.15, 0.2) is 70.7 Å². The number of hydrogen-bond donors (Lipinski definition) is 4. The maximum atomic E-state index is 14.4. The number of aromatic hydroxyl groups is 1. The van der Waals surface area contributed by atoms with E-state index in [4.69, 9.17) is 4.52 Å². The van der Waals surface area contributed by atoms with Crippen molar-refractivity contribution in [2.45, 2.75) is 103 Å². The Hall–Kier alpha value is -5.93. The van der Waals surface area contributed by atoms with Crippen LogP contribution in [0, 0.1) is 24.7 Å². The molecule has 2 saturated heterocycles. The van der Waals surface area contributed by atoms with Crippen LogP contribution in [-0.2, 0) is 27.2 Å². The van der Waals surface area contributed by atoms with Crippen LogP contribution in [-0.4, -0.2) is 89.3 Å². The van der Waals surface area contributed by atoms with Crippen molar-refractivity contribution in [1.29, 1.82) is 0 Å². The summed E-state index contributed by atoms with van der Waals surface area (Å²) in [5, 5.41) is 38.5. The van der Waals surface area contributed by atoms with E-state index in [1.807, 2.05) is 81.7 Å². The molecule has 3 aliphatic rings. The first-order valence-corrected chi connectivity index (χ1v) is 22.9. The summed E-state index contributed by atoms with van der Waals surface area (Å²) in [6.45, 7) is 10.5. The Balaban J connectivity index is 0.837. The molecule has 0 saturated carbocycles. The number of thiazole rings is 1. The van der Waals surface area contributed by atoms with Gasteiger partial charge in [-0.1, -0.05) is 55.4 Å². The average Bonchev–Trinajstić information content (AvgIpc) is 4.09. The lowest BCUT2D eigenvalue weighted by Crippen LogP contribution is -2.48. The fraction of sp³-hybridized carbons (Fsp3) is 0.438. The van der Waals surface area contributed by atoms with Crippen molar-refractivity contribution >= 4 is 45.8 Å². The number of carbonyl (C=O) groups is 3. The molecule has 2 fully saturated rings. The van der Waals surface area contributed by atoms with Crippen LogP contribution in [0.4, 0.5) is 5.82 Å². The third kappa shape index (κ3) is 8.24. The van der Waals surface area contributed by atoms with Gasteiger partial charge >= 0.3 is 0 Å². The number of aliphatic hydroxyl groups excluding tert-OH is 1. The monoisotopic (exact) mass is 870 g/mol. The molecule has 63 heavy (non-hydrogen) atoms. The van der Waals surface area contributed by atoms with Gasteiger partial charge in [-0.15, -0.1) is 21.5 Å². The van der Waals surface area contributed by atoms with Gasteiger partial charge < -0.3 is 34.8 Å². The molecule has 14 nitrogen and oxygen atoms in total. The number of likely N-dealkylation sites (tertiary alicyclic amines) is 1. The van der Waals surface area contributed by atoms with Crippen LogP contribution >= 0.6 is 11.3 Å². The molecule has 6 aromatic rings. The summed E-state index contributed by atoms with van der Waals surface area (Å²) in [5.41, 5.74) is 8.89. The molecule has 7 atom stereocenters. The van der Waals surface area contributed by atoms with E-state index in [0.717, 1.165) is 51.2 Å². The number of β-amino-alcohol motifs (C(OH)–C–C–N with tert-alkyl or cyclic N) is 1. The second-order valence-corrected chi connectivity index (χ2v) is 18.9. The highest BCUT2D eigenvalue weighted by Crippen LogP contribution is 2.39. The molecule has 2 amide bonds. The summed E-state index contributed by atoms with van der Waals surface area (Å²) < 4.78 is 5.93. The van der Waals surface area contributed by atoms with Crippen molar-refractivity contribution in [2.75, 3.05) is 18.0 Å². The number of phenolic OH excluding ortho intramolecular Hbond substituents is 1. The number of Topliss-reactive ketones (excluding diaryl/α,β-unsaturated/α-hetero) is 1. The standard InChI is InChI=1S/C48H54N8O6S/c1-25(2)43(48(61)56-23-33(57)20-39(56)47(60)50-27(4)29-10-12-30(13-11-29)45-28(5)49-24-63-45)41-22-42(54-62-41)55-17-16-32(18-26(55)3)44(59)31-14-15-37-35(19-31)36-21-38(52-53-46(36)51-37)34-8-6-7-9-40(34)58/h6-13,21-22,24-27,31-33,39,43,57-58H,14-20,23H2,1-5H3,(H,50,60)(H,51,53)/t26-,27+,31-,32?,33-,39+,43+/m1/s1. The van der Waals surface area contributed by atoms with Crippen LogP contribution in [0.25, 0.3) is 32.7 Å². The highest BCUT2D eigenvalue weighted by atomic mass is 32.1. The first-order valence-electron chi connectivity index (χ1n) is 22.1. The molecule has 0 spiro atoms. The summed E-state index contributed by atoms with van der Waals surface area (Å²) in [6, 6.07) is 17.7. The number of carbonyl (C=O) groups excluding carboxylic acids is 3. The molecule has 2 aromatic carbocycles. The molecule has 0 bridgehead atoms. The van der Waals surface area contributed by atoms with Gasteiger partial charge in [0.15, 0.2) is 17.2 Å². The number of phenols is 1. The van der Waals surface area contributed by atoms with Gasteiger partial charge in [-0.2, -0.15) is 0 Å². The van der Waals surface area contributed by atoms with E-state index >= 15 is 0 Å². The molecule has 328 valence electrons. The molecule has 9 rings (SSSR count).